The van der Waals surface area contributed by atoms with Crippen LogP contribution in [-0.4, -0.2) is 42.5 Å². The topological polar surface area (TPSA) is 107 Å². The molecule has 28 heavy (non-hydrogen) atoms. The summed E-state index contributed by atoms with van der Waals surface area (Å²) in [4.78, 5) is 40.8. The number of nitrogens with zero attached hydrogens (tertiary/aromatic N) is 1. The van der Waals surface area contributed by atoms with Crippen LogP contribution in [-0.2, 0) is 9.53 Å². The molecule has 0 bridgehead atoms. The van der Waals surface area contributed by atoms with Crippen molar-refractivity contribution >= 4 is 34.3 Å². The van der Waals surface area contributed by atoms with Crippen molar-refractivity contribution in [3.8, 4) is 5.75 Å². The summed E-state index contributed by atoms with van der Waals surface area (Å²) >= 11 is 1.11. The molecule has 0 aliphatic rings. The van der Waals surface area contributed by atoms with Gasteiger partial charge in [0.1, 0.15) is 11.8 Å². The number of benzene rings is 1. The Labute approximate surface area is 167 Å². The van der Waals surface area contributed by atoms with Gasteiger partial charge < -0.3 is 20.1 Å². The molecule has 0 saturated carbocycles. The molecule has 9 heteroatoms. The molecule has 1 aromatic carbocycles. The van der Waals surface area contributed by atoms with Crippen LogP contribution in [0.5, 0.6) is 5.75 Å². The number of rotatable bonds is 8. The largest absolute Gasteiger partial charge is 0.497 e. The van der Waals surface area contributed by atoms with E-state index < -0.39 is 17.9 Å². The lowest BCUT2D eigenvalue weighted by Gasteiger charge is -2.21. The fraction of sp³-hybridized carbons (Fsp3) is 0.368. The number of carbonyl (C=O) groups is 3. The highest BCUT2D eigenvalue weighted by Crippen LogP contribution is 2.18. The van der Waals surface area contributed by atoms with Gasteiger partial charge in [-0.15, -0.1) is 11.3 Å². The van der Waals surface area contributed by atoms with E-state index in [9.17, 15) is 14.4 Å². The molecule has 2 aromatic rings. The van der Waals surface area contributed by atoms with E-state index in [0.29, 0.717) is 11.3 Å². The zero-order valence-corrected chi connectivity index (χ0v) is 17.0. The second-order valence-electron chi connectivity index (χ2n) is 6.17. The first-order chi connectivity index (χ1) is 13.3. The van der Waals surface area contributed by atoms with Gasteiger partial charge in [-0.2, -0.15) is 0 Å². The van der Waals surface area contributed by atoms with Gasteiger partial charge in [0, 0.05) is 10.9 Å². The standard InChI is InChI=1S/C19H23N3O5S/c1-5-27-18(25)14-10-28-19(20-14)22-17(24)15(11(2)3)21-16(23)12-6-8-13(26-4)9-7-12/h6-11,15H,5H2,1-4H3,(H,21,23)(H,20,22,24). The van der Waals surface area contributed by atoms with Crippen LogP contribution >= 0.6 is 11.3 Å². The predicted octanol–water partition coefficient (Wildman–Crippen LogP) is 2.72. The monoisotopic (exact) mass is 405 g/mol. The van der Waals surface area contributed by atoms with E-state index in [1.807, 2.05) is 13.8 Å². The number of esters is 1. The molecule has 2 N–H and O–H groups in total. The first-order valence-electron chi connectivity index (χ1n) is 8.74. The number of hydrogen-bond acceptors (Lipinski definition) is 7. The summed E-state index contributed by atoms with van der Waals surface area (Å²) in [5, 5.41) is 7.14. The van der Waals surface area contributed by atoms with Crippen LogP contribution in [0.1, 0.15) is 41.6 Å². The molecule has 1 aromatic heterocycles. The average Bonchev–Trinajstić information content (AvgIpc) is 3.14. The zero-order chi connectivity index (χ0) is 20.7. The quantitative estimate of drug-likeness (QED) is 0.654. The fourth-order valence-electron chi connectivity index (χ4n) is 2.32. The fourth-order valence-corrected chi connectivity index (χ4v) is 3.00. The average molecular weight is 405 g/mol. The second-order valence-corrected chi connectivity index (χ2v) is 7.03. The maximum atomic E-state index is 12.6. The molecule has 2 rings (SSSR count). The van der Waals surface area contributed by atoms with E-state index >= 15 is 0 Å². The van der Waals surface area contributed by atoms with Crippen LogP contribution in [0.4, 0.5) is 5.13 Å². The maximum absolute atomic E-state index is 12.6. The summed E-state index contributed by atoms with van der Waals surface area (Å²) in [5.74, 6) is -0.862. The molecule has 8 nitrogen and oxygen atoms in total. The highest BCUT2D eigenvalue weighted by atomic mass is 32.1. The highest BCUT2D eigenvalue weighted by Gasteiger charge is 2.26. The minimum Gasteiger partial charge on any atom is -0.497 e. The molecule has 1 heterocycles. The van der Waals surface area contributed by atoms with Gasteiger partial charge >= 0.3 is 5.97 Å². The molecule has 0 fully saturated rings. The third-order valence-corrected chi connectivity index (χ3v) is 4.56. The summed E-state index contributed by atoms with van der Waals surface area (Å²) in [7, 11) is 1.54. The van der Waals surface area contributed by atoms with Crippen molar-refractivity contribution < 1.29 is 23.9 Å². The molecule has 0 saturated heterocycles. The van der Waals surface area contributed by atoms with Gasteiger partial charge in [-0.3, -0.25) is 9.59 Å². The van der Waals surface area contributed by atoms with Gasteiger partial charge in [0.25, 0.3) is 5.91 Å². The SMILES string of the molecule is CCOC(=O)c1csc(NC(=O)C(NC(=O)c2ccc(OC)cc2)C(C)C)n1. The van der Waals surface area contributed by atoms with Crippen LogP contribution in [0.3, 0.4) is 0 Å². The van der Waals surface area contributed by atoms with E-state index in [1.54, 1.807) is 38.3 Å². The number of carbonyl (C=O) groups excluding carboxylic acids is 3. The Morgan fingerprint density at radius 2 is 1.86 bits per heavy atom. The minimum atomic E-state index is -0.774. The minimum absolute atomic E-state index is 0.130. The first-order valence-corrected chi connectivity index (χ1v) is 9.62. The molecular formula is C19H23N3O5S. The van der Waals surface area contributed by atoms with Crippen LogP contribution < -0.4 is 15.4 Å². The number of ether oxygens (including phenoxy) is 2. The van der Waals surface area contributed by atoms with E-state index in [0.717, 1.165) is 11.3 Å². The van der Waals surface area contributed by atoms with Gasteiger partial charge in [0.15, 0.2) is 10.8 Å². The highest BCUT2D eigenvalue weighted by molar-refractivity contribution is 7.14. The van der Waals surface area contributed by atoms with Crippen LogP contribution in [0.15, 0.2) is 29.6 Å². The molecule has 1 unspecified atom stereocenters. The van der Waals surface area contributed by atoms with Gasteiger partial charge in [-0.1, -0.05) is 13.8 Å². The lowest BCUT2D eigenvalue weighted by atomic mass is 10.0. The lowest BCUT2D eigenvalue weighted by molar-refractivity contribution is -0.118. The van der Waals surface area contributed by atoms with Crippen molar-refractivity contribution in [3.05, 3.63) is 40.9 Å². The Bertz CT molecular complexity index is 832. The normalized spacial score (nSPS) is 11.6. The maximum Gasteiger partial charge on any atom is 0.357 e. The van der Waals surface area contributed by atoms with E-state index in [1.165, 1.54) is 5.38 Å². The number of nitrogens with one attached hydrogen (secondary N) is 2. The Kier molecular flexibility index (Phi) is 7.51. The molecule has 1 atom stereocenters. The van der Waals surface area contributed by atoms with Crippen molar-refractivity contribution in [1.29, 1.82) is 0 Å². The summed E-state index contributed by atoms with van der Waals surface area (Å²) in [6, 6.07) is 5.81. The molecular weight excluding hydrogens is 382 g/mol. The summed E-state index contributed by atoms with van der Waals surface area (Å²) in [6.45, 7) is 5.59. The van der Waals surface area contributed by atoms with Crippen molar-refractivity contribution in [1.82, 2.24) is 10.3 Å². The number of methoxy groups -OCH3 is 1. The number of amides is 2. The molecule has 2 amide bonds. The van der Waals surface area contributed by atoms with Crippen LogP contribution in [0.2, 0.25) is 0 Å². The van der Waals surface area contributed by atoms with Gasteiger partial charge in [-0.05, 0) is 37.1 Å². The lowest BCUT2D eigenvalue weighted by Crippen LogP contribution is -2.47. The first kappa shape index (κ1) is 21.4. The van der Waals surface area contributed by atoms with Crippen LogP contribution in [0, 0.1) is 5.92 Å². The number of thiazole rings is 1. The molecule has 0 radical (unpaired) electrons. The van der Waals surface area contributed by atoms with Crippen molar-refractivity contribution in [2.24, 2.45) is 5.92 Å². The Balaban J connectivity index is 2.05. The van der Waals surface area contributed by atoms with Gasteiger partial charge in [0.05, 0.1) is 13.7 Å². The van der Waals surface area contributed by atoms with E-state index in [4.69, 9.17) is 9.47 Å². The van der Waals surface area contributed by atoms with E-state index in [-0.39, 0.29) is 29.3 Å². The van der Waals surface area contributed by atoms with Crippen LogP contribution in [0.25, 0.3) is 0 Å². The van der Waals surface area contributed by atoms with Crippen molar-refractivity contribution in [2.75, 3.05) is 19.0 Å². The third kappa shape index (κ3) is 5.53. The predicted molar refractivity (Wildman–Crippen MR) is 106 cm³/mol. The van der Waals surface area contributed by atoms with Crippen molar-refractivity contribution in [3.63, 3.8) is 0 Å². The zero-order valence-electron chi connectivity index (χ0n) is 16.1. The third-order valence-electron chi connectivity index (χ3n) is 3.81. The van der Waals surface area contributed by atoms with E-state index in [2.05, 4.69) is 15.6 Å². The summed E-state index contributed by atoms with van der Waals surface area (Å²) in [6.07, 6.45) is 0. The molecule has 0 aliphatic carbocycles. The van der Waals surface area contributed by atoms with Gasteiger partial charge in [-0.25, -0.2) is 9.78 Å². The second kappa shape index (κ2) is 9.84. The Morgan fingerprint density at radius 3 is 2.43 bits per heavy atom. The molecule has 0 aliphatic heterocycles. The number of aromatic nitrogens is 1. The molecule has 0 spiro atoms. The smallest absolute Gasteiger partial charge is 0.357 e. The van der Waals surface area contributed by atoms with Crippen molar-refractivity contribution in [2.45, 2.75) is 26.8 Å². The number of anilines is 1. The molecule has 150 valence electrons. The Hall–Kier alpha value is -2.94. The Morgan fingerprint density at radius 1 is 1.18 bits per heavy atom. The summed E-state index contributed by atoms with van der Waals surface area (Å²) < 4.78 is 9.95. The summed E-state index contributed by atoms with van der Waals surface area (Å²) in [5.41, 5.74) is 0.545. The number of hydrogen-bond donors (Lipinski definition) is 2. The van der Waals surface area contributed by atoms with Gasteiger partial charge in [0.2, 0.25) is 5.91 Å².